The molecule has 3 aromatic carbocycles. The average molecular weight is 461 g/mol. The van der Waals surface area contributed by atoms with Crippen LogP contribution in [0.3, 0.4) is 0 Å². The van der Waals surface area contributed by atoms with Crippen molar-refractivity contribution in [3.63, 3.8) is 0 Å². The highest BCUT2D eigenvalue weighted by atomic mass is 32.2. The molecule has 0 radical (unpaired) electrons. The Bertz CT molecular complexity index is 1370. The van der Waals surface area contributed by atoms with Gasteiger partial charge in [-0.15, -0.1) is 11.8 Å². The smallest absolute Gasteiger partial charge is 0.295 e. The second-order valence-electron chi connectivity index (χ2n) is 7.55. The highest BCUT2D eigenvalue weighted by molar-refractivity contribution is 8.00. The maximum absolute atomic E-state index is 12.9. The molecule has 4 aromatic rings. The first-order valence-corrected chi connectivity index (χ1v) is 11.6. The quantitative estimate of drug-likeness (QED) is 0.437. The van der Waals surface area contributed by atoms with Gasteiger partial charge in [-0.3, -0.25) is 19.1 Å². The minimum absolute atomic E-state index is 0.0576. The molecular weight excluding hydrogens is 436 g/mol. The monoisotopic (exact) mass is 460 g/mol. The minimum atomic E-state index is -0.330. The van der Waals surface area contributed by atoms with Crippen molar-refractivity contribution in [2.24, 2.45) is 7.05 Å². The number of thioether (sulfide) groups is 1. The van der Waals surface area contributed by atoms with Crippen molar-refractivity contribution in [2.45, 2.75) is 6.92 Å². The Labute approximate surface area is 195 Å². The van der Waals surface area contributed by atoms with Crippen LogP contribution in [0.15, 0.2) is 77.6 Å². The molecule has 4 rings (SSSR count). The van der Waals surface area contributed by atoms with Gasteiger partial charge in [0.1, 0.15) is 5.69 Å². The fourth-order valence-corrected chi connectivity index (χ4v) is 4.26. The van der Waals surface area contributed by atoms with Crippen LogP contribution < -0.4 is 16.2 Å². The van der Waals surface area contributed by atoms with Gasteiger partial charge in [-0.25, -0.2) is 4.68 Å². The Morgan fingerprint density at radius 3 is 2.24 bits per heavy atom. The summed E-state index contributed by atoms with van der Waals surface area (Å²) in [6.07, 6.45) is 0. The number of nitrogens with zero attached hydrogens (tertiary/aromatic N) is 2. The van der Waals surface area contributed by atoms with Crippen LogP contribution in [-0.2, 0) is 16.6 Å². The molecule has 1 aromatic heterocycles. The molecule has 2 amide bonds. The van der Waals surface area contributed by atoms with Crippen LogP contribution in [0.2, 0.25) is 0 Å². The van der Waals surface area contributed by atoms with E-state index in [0.717, 1.165) is 16.5 Å². The number of rotatable bonds is 7. The fraction of sp³-hybridized carbons (Fsp3) is 0.160. The van der Waals surface area contributed by atoms with Crippen LogP contribution in [0.5, 0.6) is 0 Å². The summed E-state index contributed by atoms with van der Waals surface area (Å²) in [7, 11) is 1.77. The van der Waals surface area contributed by atoms with Gasteiger partial charge in [-0.2, -0.15) is 0 Å². The summed E-state index contributed by atoms with van der Waals surface area (Å²) in [5, 5.41) is 7.63. The van der Waals surface area contributed by atoms with Crippen molar-refractivity contribution < 1.29 is 9.59 Å². The van der Waals surface area contributed by atoms with Gasteiger partial charge in [0, 0.05) is 18.1 Å². The molecule has 0 spiro atoms. The molecule has 0 aliphatic heterocycles. The summed E-state index contributed by atoms with van der Waals surface area (Å²) in [6, 6.07) is 22.8. The van der Waals surface area contributed by atoms with Crippen LogP contribution in [0.1, 0.15) is 5.69 Å². The highest BCUT2D eigenvalue weighted by Gasteiger charge is 2.18. The van der Waals surface area contributed by atoms with Crippen molar-refractivity contribution in [1.29, 1.82) is 0 Å². The molecule has 0 aliphatic carbocycles. The molecule has 8 heteroatoms. The third kappa shape index (κ3) is 4.85. The number of benzene rings is 3. The van der Waals surface area contributed by atoms with E-state index in [2.05, 4.69) is 10.6 Å². The van der Waals surface area contributed by atoms with Crippen molar-refractivity contribution in [1.82, 2.24) is 9.36 Å². The summed E-state index contributed by atoms with van der Waals surface area (Å²) in [4.78, 5) is 37.8. The van der Waals surface area contributed by atoms with Gasteiger partial charge in [0.2, 0.25) is 11.8 Å². The van der Waals surface area contributed by atoms with E-state index in [1.165, 1.54) is 16.4 Å². The van der Waals surface area contributed by atoms with Crippen LogP contribution in [0, 0.1) is 6.92 Å². The Kier molecular flexibility index (Phi) is 6.65. The number of fused-ring (bicyclic) bond motifs is 1. The third-order valence-corrected chi connectivity index (χ3v) is 6.28. The fourth-order valence-electron chi connectivity index (χ4n) is 3.64. The third-order valence-electron chi connectivity index (χ3n) is 5.35. The number of hydrogen-bond acceptors (Lipinski definition) is 4. The zero-order valence-electron chi connectivity index (χ0n) is 18.4. The Balaban J connectivity index is 1.35. The van der Waals surface area contributed by atoms with Gasteiger partial charge in [0.25, 0.3) is 5.56 Å². The first-order valence-electron chi connectivity index (χ1n) is 10.4. The predicted octanol–water partition coefficient (Wildman–Crippen LogP) is 3.95. The molecular formula is C25H24N4O3S. The van der Waals surface area contributed by atoms with E-state index in [9.17, 15) is 14.4 Å². The molecule has 2 N–H and O–H groups in total. The highest BCUT2D eigenvalue weighted by Crippen LogP contribution is 2.23. The lowest BCUT2D eigenvalue weighted by Gasteiger charge is -2.09. The van der Waals surface area contributed by atoms with E-state index in [0.29, 0.717) is 11.4 Å². The van der Waals surface area contributed by atoms with Gasteiger partial charge >= 0.3 is 0 Å². The standard InChI is InChI=1S/C25H24N4O3S/c1-17-24(25(32)29(28(17)2)19-11-4-3-5-12-19)27-23(31)16-33-15-22(30)26-21-14-8-10-18-9-6-7-13-20(18)21/h3-14H,15-16H2,1-2H3,(H,26,30)(H,27,31). The number of aromatic nitrogens is 2. The van der Waals surface area contributed by atoms with E-state index in [4.69, 9.17) is 0 Å². The summed E-state index contributed by atoms with van der Waals surface area (Å²) >= 11 is 1.19. The zero-order valence-corrected chi connectivity index (χ0v) is 19.2. The number of para-hydroxylation sites is 1. The van der Waals surface area contributed by atoms with E-state index in [1.54, 1.807) is 18.7 Å². The van der Waals surface area contributed by atoms with Crippen LogP contribution >= 0.6 is 11.8 Å². The van der Waals surface area contributed by atoms with Gasteiger partial charge in [-0.1, -0.05) is 54.6 Å². The Morgan fingerprint density at radius 1 is 0.848 bits per heavy atom. The van der Waals surface area contributed by atoms with Crippen LogP contribution in [0.25, 0.3) is 16.5 Å². The second-order valence-corrected chi connectivity index (χ2v) is 8.54. The summed E-state index contributed by atoms with van der Waals surface area (Å²) in [6.45, 7) is 1.78. The van der Waals surface area contributed by atoms with Gasteiger partial charge in [0.05, 0.1) is 22.9 Å². The molecule has 1 heterocycles. The summed E-state index contributed by atoms with van der Waals surface area (Å²) in [5.74, 6) is -0.337. The predicted molar refractivity (Wildman–Crippen MR) is 134 cm³/mol. The molecule has 33 heavy (non-hydrogen) atoms. The number of amides is 2. The number of carbonyl (C=O) groups excluding carboxylic acids is 2. The van der Waals surface area contributed by atoms with Crippen molar-refractivity contribution in [2.75, 3.05) is 22.1 Å². The minimum Gasteiger partial charge on any atom is -0.325 e. The molecule has 0 fully saturated rings. The molecule has 7 nitrogen and oxygen atoms in total. The molecule has 168 valence electrons. The average Bonchev–Trinajstić information content (AvgIpc) is 3.03. The zero-order chi connectivity index (χ0) is 23.4. The number of anilines is 2. The lowest BCUT2D eigenvalue weighted by Crippen LogP contribution is -2.24. The topological polar surface area (TPSA) is 85.1 Å². The maximum atomic E-state index is 12.9. The Morgan fingerprint density at radius 2 is 1.48 bits per heavy atom. The Hall–Kier alpha value is -3.78. The molecule has 0 atom stereocenters. The van der Waals surface area contributed by atoms with Gasteiger partial charge < -0.3 is 10.6 Å². The maximum Gasteiger partial charge on any atom is 0.295 e. The number of hydrogen-bond donors (Lipinski definition) is 2. The van der Waals surface area contributed by atoms with E-state index >= 15 is 0 Å². The molecule has 0 aliphatic rings. The first kappa shape index (κ1) is 22.4. The van der Waals surface area contributed by atoms with E-state index in [1.807, 2.05) is 72.8 Å². The summed E-state index contributed by atoms with van der Waals surface area (Å²) in [5.41, 5.74) is 2.05. The van der Waals surface area contributed by atoms with Crippen molar-refractivity contribution in [3.05, 3.63) is 88.8 Å². The summed E-state index contributed by atoms with van der Waals surface area (Å²) < 4.78 is 3.22. The molecule has 0 saturated carbocycles. The van der Waals surface area contributed by atoms with Crippen molar-refractivity contribution >= 4 is 45.7 Å². The number of nitrogens with one attached hydrogen (secondary N) is 2. The molecule has 0 bridgehead atoms. The normalized spacial score (nSPS) is 10.8. The van der Waals surface area contributed by atoms with E-state index in [-0.39, 0.29) is 34.6 Å². The van der Waals surface area contributed by atoms with Crippen LogP contribution in [0.4, 0.5) is 11.4 Å². The van der Waals surface area contributed by atoms with Crippen LogP contribution in [-0.4, -0.2) is 32.7 Å². The van der Waals surface area contributed by atoms with Gasteiger partial charge in [0.15, 0.2) is 0 Å². The largest absolute Gasteiger partial charge is 0.325 e. The SMILES string of the molecule is Cc1c(NC(=O)CSCC(=O)Nc2cccc3ccccc23)c(=O)n(-c2ccccc2)n1C. The van der Waals surface area contributed by atoms with E-state index < -0.39 is 0 Å². The molecule has 0 saturated heterocycles. The van der Waals surface area contributed by atoms with Crippen molar-refractivity contribution in [3.8, 4) is 5.69 Å². The lowest BCUT2D eigenvalue weighted by atomic mass is 10.1. The van der Waals surface area contributed by atoms with Gasteiger partial charge in [-0.05, 0) is 30.5 Å². The first-order chi connectivity index (χ1) is 16.0. The second kappa shape index (κ2) is 9.79. The lowest BCUT2D eigenvalue weighted by molar-refractivity contribution is -0.114. The molecule has 0 unspecified atom stereocenters. The number of carbonyl (C=O) groups is 2.